The van der Waals surface area contributed by atoms with Crippen LogP contribution in [-0.2, 0) is 4.79 Å². The van der Waals surface area contributed by atoms with Crippen LogP contribution in [-0.4, -0.2) is 61.8 Å². The van der Waals surface area contributed by atoms with E-state index in [4.69, 9.17) is 17.0 Å². The van der Waals surface area contributed by atoms with Gasteiger partial charge >= 0.3 is 0 Å². The Labute approximate surface area is 148 Å². The smallest absolute Gasteiger partial charge is 0.275 e. The van der Waals surface area contributed by atoms with Gasteiger partial charge in [-0.3, -0.25) is 4.79 Å². The van der Waals surface area contributed by atoms with Crippen molar-refractivity contribution in [1.82, 2.24) is 10.2 Å². The van der Waals surface area contributed by atoms with E-state index in [1.807, 2.05) is 24.3 Å². The van der Waals surface area contributed by atoms with Gasteiger partial charge in [-0.25, -0.2) is 0 Å². The maximum absolute atomic E-state index is 11.9. The molecule has 1 saturated carbocycles. The average Bonchev–Trinajstić information content (AvgIpc) is 3.39. The second-order valence-electron chi connectivity index (χ2n) is 6.42. The molecule has 0 atom stereocenters. The molecule has 0 unspecified atom stereocenters. The maximum Gasteiger partial charge on any atom is 0.275 e. The van der Waals surface area contributed by atoms with Gasteiger partial charge < -0.3 is 25.2 Å². The second kappa shape index (κ2) is 7.81. The fourth-order valence-corrected chi connectivity index (χ4v) is 3.14. The van der Waals surface area contributed by atoms with Gasteiger partial charge in [0.15, 0.2) is 11.7 Å². The molecule has 1 aromatic rings. The average molecular weight is 349 g/mol. The van der Waals surface area contributed by atoms with Gasteiger partial charge in [0.05, 0.1) is 33.3 Å². The van der Waals surface area contributed by atoms with Crippen molar-refractivity contribution in [1.29, 1.82) is 0 Å². The van der Waals surface area contributed by atoms with E-state index in [1.165, 1.54) is 4.90 Å². The topological polar surface area (TPSA) is 58.0 Å². The first-order chi connectivity index (χ1) is 11.6. The number of amides is 1. The number of carbonyl (C=O) groups is 1. The molecule has 7 heteroatoms. The molecule has 24 heavy (non-hydrogen) atoms. The lowest BCUT2D eigenvalue weighted by Crippen LogP contribution is -3.15. The lowest BCUT2D eigenvalue weighted by Gasteiger charge is -2.33. The molecule has 0 aromatic heterocycles. The van der Waals surface area contributed by atoms with Crippen molar-refractivity contribution in [3.8, 4) is 5.75 Å². The Bertz CT molecular complexity index is 598. The van der Waals surface area contributed by atoms with E-state index >= 15 is 0 Å². The highest BCUT2D eigenvalue weighted by Gasteiger charge is 2.27. The number of methoxy groups -OCH3 is 1. The van der Waals surface area contributed by atoms with Crippen LogP contribution in [0, 0.1) is 0 Å². The van der Waals surface area contributed by atoms with Crippen molar-refractivity contribution in [3.63, 3.8) is 0 Å². The molecule has 0 bridgehead atoms. The lowest BCUT2D eigenvalue weighted by molar-refractivity contribution is -0.895. The molecule has 1 amide bonds. The van der Waals surface area contributed by atoms with Gasteiger partial charge in [0.1, 0.15) is 5.75 Å². The zero-order valence-corrected chi connectivity index (χ0v) is 14.8. The molecule has 2 aliphatic rings. The molecular formula is C17H25N4O2S+. The van der Waals surface area contributed by atoms with Gasteiger partial charge in [-0.15, -0.1) is 0 Å². The van der Waals surface area contributed by atoms with E-state index < -0.39 is 0 Å². The maximum atomic E-state index is 11.9. The number of hydrogen-bond donors (Lipinski definition) is 3. The number of anilines is 1. The Kier molecular flexibility index (Phi) is 5.52. The zero-order chi connectivity index (χ0) is 16.9. The van der Waals surface area contributed by atoms with Crippen molar-refractivity contribution < 1.29 is 14.4 Å². The van der Waals surface area contributed by atoms with E-state index in [0.717, 1.165) is 55.6 Å². The summed E-state index contributed by atoms with van der Waals surface area (Å²) in [4.78, 5) is 15.4. The highest BCUT2D eigenvalue weighted by Crippen LogP contribution is 2.18. The van der Waals surface area contributed by atoms with E-state index in [-0.39, 0.29) is 5.91 Å². The molecule has 1 aliphatic carbocycles. The minimum absolute atomic E-state index is 0.179. The van der Waals surface area contributed by atoms with Crippen molar-refractivity contribution in [2.24, 2.45) is 0 Å². The molecule has 1 aliphatic heterocycles. The largest absolute Gasteiger partial charge is 0.497 e. The fourth-order valence-electron chi connectivity index (χ4n) is 2.84. The first-order valence-corrected chi connectivity index (χ1v) is 8.88. The number of quaternary nitrogens is 1. The van der Waals surface area contributed by atoms with Gasteiger partial charge in [-0.2, -0.15) is 0 Å². The van der Waals surface area contributed by atoms with Crippen LogP contribution >= 0.6 is 12.2 Å². The molecular weight excluding hydrogens is 324 g/mol. The van der Waals surface area contributed by atoms with Crippen LogP contribution in [0.25, 0.3) is 0 Å². The third-order valence-electron chi connectivity index (χ3n) is 4.43. The number of benzene rings is 1. The van der Waals surface area contributed by atoms with Gasteiger partial charge in [-0.05, 0) is 37.2 Å². The highest BCUT2D eigenvalue weighted by molar-refractivity contribution is 7.80. The van der Waals surface area contributed by atoms with Crippen LogP contribution in [0.15, 0.2) is 24.3 Å². The molecule has 130 valence electrons. The van der Waals surface area contributed by atoms with E-state index in [0.29, 0.717) is 12.6 Å². The minimum Gasteiger partial charge on any atom is -0.497 e. The number of carbonyl (C=O) groups excluding carboxylic acids is 1. The summed E-state index contributed by atoms with van der Waals surface area (Å²) < 4.78 is 5.23. The zero-order valence-electron chi connectivity index (χ0n) is 14.0. The number of thiocarbonyl (C=S) groups is 1. The van der Waals surface area contributed by atoms with Crippen LogP contribution in [0.3, 0.4) is 0 Å². The number of hydrogen-bond acceptors (Lipinski definition) is 3. The van der Waals surface area contributed by atoms with Crippen LogP contribution in [0.4, 0.5) is 5.69 Å². The van der Waals surface area contributed by atoms with Gasteiger partial charge in [0.25, 0.3) is 5.91 Å². The van der Waals surface area contributed by atoms with Crippen molar-refractivity contribution >= 4 is 28.9 Å². The Morgan fingerprint density at radius 1 is 1.38 bits per heavy atom. The molecule has 1 heterocycles. The summed E-state index contributed by atoms with van der Waals surface area (Å²) in [6.07, 6.45) is 2.28. The standard InChI is InChI=1S/C17H24N4O2S/c1-23-15-4-2-3-14(11-15)19-17(24)21-9-7-20(8-10-21)12-16(22)18-13-5-6-13/h2-4,11,13H,5-10,12H2,1H3,(H,18,22)(H,19,24)/p+1. The molecule has 1 saturated heterocycles. The van der Waals surface area contributed by atoms with Crippen molar-refractivity contribution in [2.75, 3.05) is 45.2 Å². The summed E-state index contributed by atoms with van der Waals surface area (Å²) in [5.74, 6) is 0.983. The van der Waals surface area contributed by atoms with Gasteiger partial charge in [0, 0.05) is 17.8 Å². The first kappa shape index (κ1) is 17.0. The predicted molar refractivity (Wildman–Crippen MR) is 97.5 cm³/mol. The molecule has 3 rings (SSSR count). The molecule has 1 aromatic carbocycles. The molecule has 6 nitrogen and oxygen atoms in total. The molecule has 2 fully saturated rings. The monoisotopic (exact) mass is 349 g/mol. The molecule has 3 N–H and O–H groups in total. The van der Waals surface area contributed by atoms with E-state index in [2.05, 4.69) is 15.5 Å². The Morgan fingerprint density at radius 2 is 2.12 bits per heavy atom. The lowest BCUT2D eigenvalue weighted by atomic mass is 10.3. The number of nitrogens with zero attached hydrogens (tertiary/aromatic N) is 1. The van der Waals surface area contributed by atoms with Crippen LogP contribution < -0.4 is 20.3 Å². The second-order valence-corrected chi connectivity index (χ2v) is 6.80. The van der Waals surface area contributed by atoms with E-state index in [1.54, 1.807) is 7.11 Å². The summed E-state index contributed by atoms with van der Waals surface area (Å²) in [6.45, 7) is 4.15. The first-order valence-electron chi connectivity index (χ1n) is 8.47. The van der Waals surface area contributed by atoms with Gasteiger partial charge in [0.2, 0.25) is 0 Å². The third kappa shape index (κ3) is 4.82. The Hall–Kier alpha value is -1.86. The summed E-state index contributed by atoms with van der Waals surface area (Å²) in [5.41, 5.74) is 0.929. The highest BCUT2D eigenvalue weighted by atomic mass is 32.1. The normalized spacial score (nSPS) is 18.1. The summed E-state index contributed by atoms with van der Waals surface area (Å²) in [7, 11) is 1.65. The van der Waals surface area contributed by atoms with Crippen LogP contribution in [0.1, 0.15) is 12.8 Å². The quantitative estimate of drug-likeness (QED) is 0.647. The third-order valence-corrected chi connectivity index (χ3v) is 4.79. The van der Waals surface area contributed by atoms with E-state index in [9.17, 15) is 4.79 Å². The van der Waals surface area contributed by atoms with Crippen molar-refractivity contribution in [3.05, 3.63) is 24.3 Å². The summed E-state index contributed by atoms with van der Waals surface area (Å²) in [5, 5.41) is 7.05. The van der Waals surface area contributed by atoms with Crippen LogP contribution in [0.2, 0.25) is 0 Å². The number of piperazine rings is 1. The van der Waals surface area contributed by atoms with Crippen molar-refractivity contribution in [2.45, 2.75) is 18.9 Å². The molecule has 0 spiro atoms. The van der Waals surface area contributed by atoms with Gasteiger partial charge in [-0.1, -0.05) is 6.07 Å². The number of ether oxygens (including phenoxy) is 1. The molecule has 0 radical (unpaired) electrons. The predicted octanol–water partition coefficient (Wildman–Crippen LogP) is -0.129. The summed E-state index contributed by atoms with van der Waals surface area (Å²) in [6, 6.07) is 8.18. The number of nitrogens with one attached hydrogen (secondary N) is 3. The number of rotatable bonds is 5. The van der Waals surface area contributed by atoms with Crippen LogP contribution in [0.5, 0.6) is 5.75 Å². The SMILES string of the molecule is COc1cccc(NC(=S)N2CC[NH+](CC(=O)NC3CC3)CC2)c1. The Balaban J connectivity index is 1.43. The fraction of sp³-hybridized carbons (Fsp3) is 0.529. The minimum atomic E-state index is 0.179. The summed E-state index contributed by atoms with van der Waals surface area (Å²) >= 11 is 5.51. The Morgan fingerprint density at radius 3 is 2.79 bits per heavy atom.